The second-order valence-corrected chi connectivity index (χ2v) is 6.11. The maximum absolute atomic E-state index is 8.73. The fourth-order valence-electron chi connectivity index (χ4n) is 2.67. The van der Waals surface area contributed by atoms with E-state index < -0.39 is 0 Å². The molecule has 0 saturated carbocycles. The molecule has 0 bridgehead atoms. The normalized spacial score (nSPS) is 11.8. The molecule has 0 fully saturated rings. The van der Waals surface area contributed by atoms with E-state index in [1.807, 2.05) is 0 Å². The van der Waals surface area contributed by atoms with Crippen LogP contribution in [-0.2, 0) is 0 Å². The number of aliphatic hydroxyl groups is 1. The molecule has 120 valence electrons. The Morgan fingerprint density at radius 1 is 0.750 bits per heavy atom. The Balaban J connectivity index is 3.74. The van der Waals surface area contributed by atoms with Gasteiger partial charge in [0.05, 0.1) is 0 Å². The molecule has 0 aromatic carbocycles. The van der Waals surface area contributed by atoms with Gasteiger partial charge in [-0.05, 0) is 38.0 Å². The van der Waals surface area contributed by atoms with Crippen LogP contribution in [0, 0.1) is 5.92 Å². The second-order valence-electron chi connectivity index (χ2n) is 6.11. The summed E-state index contributed by atoms with van der Waals surface area (Å²) in [5.41, 5.74) is 0. The summed E-state index contributed by atoms with van der Waals surface area (Å²) in [5.74, 6) is 0.825. The Labute approximate surface area is 127 Å². The van der Waals surface area contributed by atoms with Crippen molar-refractivity contribution in [3.8, 4) is 0 Å². The Morgan fingerprint density at radius 3 is 1.90 bits per heavy atom. The Bertz CT molecular complexity index is 188. The van der Waals surface area contributed by atoms with E-state index in [0.717, 1.165) is 12.3 Å². The lowest BCUT2D eigenvalue weighted by Gasteiger charge is -2.12. The lowest BCUT2D eigenvalue weighted by Crippen LogP contribution is -1.97. The van der Waals surface area contributed by atoms with Crippen molar-refractivity contribution in [2.24, 2.45) is 5.92 Å². The highest BCUT2D eigenvalue weighted by molar-refractivity contribution is 4.88. The first-order chi connectivity index (χ1) is 9.85. The molecule has 0 radical (unpaired) electrons. The predicted octanol–water partition coefficient (Wildman–Crippen LogP) is 6.26. The van der Waals surface area contributed by atoms with Crippen LogP contribution in [0.3, 0.4) is 0 Å². The summed E-state index contributed by atoms with van der Waals surface area (Å²) in [5, 5.41) is 8.73. The van der Waals surface area contributed by atoms with Crippen LogP contribution in [-0.4, -0.2) is 11.7 Å². The largest absolute Gasteiger partial charge is 0.396 e. The quantitative estimate of drug-likeness (QED) is 0.277. The van der Waals surface area contributed by atoms with E-state index in [1.165, 1.54) is 77.0 Å². The maximum Gasteiger partial charge on any atom is 0.0431 e. The summed E-state index contributed by atoms with van der Waals surface area (Å²) >= 11 is 0. The molecule has 0 heterocycles. The van der Waals surface area contributed by atoms with Gasteiger partial charge in [0.25, 0.3) is 0 Å². The molecule has 0 aliphatic rings. The lowest BCUT2D eigenvalue weighted by molar-refractivity contribution is 0.282. The summed E-state index contributed by atoms with van der Waals surface area (Å²) in [4.78, 5) is 0. The van der Waals surface area contributed by atoms with Gasteiger partial charge in [-0.15, -0.1) is 0 Å². The molecular formula is C19H38O. The average Bonchev–Trinajstić information content (AvgIpc) is 2.46. The summed E-state index contributed by atoms with van der Waals surface area (Å²) in [6.45, 7) is 4.93. The lowest BCUT2D eigenvalue weighted by atomic mass is 9.94. The average molecular weight is 283 g/mol. The van der Waals surface area contributed by atoms with Crippen LogP contribution in [0.5, 0.6) is 0 Å². The van der Waals surface area contributed by atoms with Gasteiger partial charge in [0.1, 0.15) is 0 Å². The fraction of sp³-hybridized carbons (Fsp3) is 0.895. The molecule has 0 aromatic heterocycles. The van der Waals surface area contributed by atoms with E-state index in [0.29, 0.717) is 6.61 Å². The fourth-order valence-corrected chi connectivity index (χ4v) is 2.67. The minimum Gasteiger partial charge on any atom is -0.396 e. The highest BCUT2D eigenvalue weighted by Gasteiger charge is 2.04. The molecule has 20 heavy (non-hydrogen) atoms. The van der Waals surface area contributed by atoms with Crippen LogP contribution in [0.2, 0.25) is 0 Å². The Morgan fingerprint density at radius 2 is 1.35 bits per heavy atom. The smallest absolute Gasteiger partial charge is 0.0431 e. The minimum atomic E-state index is 0.354. The Hall–Kier alpha value is -0.300. The van der Waals surface area contributed by atoms with Crippen LogP contribution < -0.4 is 0 Å². The SMILES string of the molecule is CCCCCC(/C=C\CCCCCCO)CCCCC. The van der Waals surface area contributed by atoms with Crippen molar-refractivity contribution >= 4 is 0 Å². The van der Waals surface area contributed by atoms with Gasteiger partial charge in [-0.25, -0.2) is 0 Å². The van der Waals surface area contributed by atoms with Crippen LogP contribution in [0.1, 0.15) is 97.3 Å². The van der Waals surface area contributed by atoms with E-state index in [2.05, 4.69) is 26.0 Å². The van der Waals surface area contributed by atoms with Crippen molar-refractivity contribution in [2.45, 2.75) is 97.3 Å². The Kier molecular flexibility index (Phi) is 16.5. The molecule has 0 aromatic rings. The van der Waals surface area contributed by atoms with Gasteiger partial charge in [-0.1, -0.05) is 77.4 Å². The molecule has 1 N–H and O–H groups in total. The third-order valence-electron chi connectivity index (χ3n) is 4.04. The number of unbranched alkanes of at least 4 members (excludes halogenated alkanes) is 8. The molecule has 0 saturated heterocycles. The summed E-state index contributed by atoms with van der Waals surface area (Å²) in [6, 6.07) is 0. The van der Waals surface area contributed by atoms with E-state index in [4.69, 9.17) is 5.11 Å². The first-order valence-electron chi connectivity index (χ1n) is 9.12. The molecule has 0 aliphatic carbocycles. The van der Waals surface area contributed by atoms with Crippen LogP contribution in [0.15, 0.2) is 12.2 Å². The van der Waals surface area contributed by atoms with Crippen molar-refractivity contribution < 1.29 is 5.11 Å². The summed E-state index contributed by atoms with van der Waals surface area (Å²) in [7, 11) is 0. The first-order valence-corrected chi connectivity index (χ1v) is 9.12. The third kappa shape index (κ3) is 14.1. The van der Waals surface area contributed by atoms with Gasteiger partial charge in [0.15, 0.2) is 0 Å². The molecule has 0 rings (SSSR count). The van der Waals surface area contributed by atoms with Gasteiger partial charge in [-0.3, -0.25) is 0 Å². The van der Waals surface area contributed by atoms with Gasteiger partial charge >= 0.3 is 0 Å². The molecule has 0 unspecified atom stereocenters. The van der Waals surface area contributed by atoms with Crippen molar-refractivity contribution in [2.75, 3.05) is 6.61 Å². The zero-order valence-electron chi connectivity index (χ0n) is 14.1. The van der Waals surface area contributed by atoms with Gasteiger partial charge in [0.2, 0.25) is 0 Å². The van der Waals surface area contributed by atoms with E-state index in [1.54, 1.807) is 0 Å². The predicted molar refractivity (Wildman–Crippen MR) is 91.1 cm³/mol. The van der Waals surface area contributed by atoms with Crippen LogP contribution >= 0.6 is 0 Å². The van der Waals surface area contributed by atoms with Gasteiger partial charge in [0, 0.05) is 6.61 Å². The molecule has 1 heteroatoms. The number of hydrogen-bond acceptors (Lipinski definition) is 1. The molecular weight excluding hydrogens is 244 g/mol. The number of allylic oxidation sites excluding steroid dienone is 2. The van der Waals surface area contributed by atoms with Crippen molar-refractivity contribution in [3.05, 3.63) is 12.2 Å². The van der Waals surface area contributed by atoms with Crippen LogP contribution in [0.25, 0.3) is 0 Å². The zero-order chi connectivity index (χ0) is 14.9. The van der Waals surface area contributed by atoms with Crippen molar-refractivity contribution in [3.63, 3.8) is 0 Å². The van der Waals surface area contributed by atoms with Crippen molar-refractivity contribution in [1.29, 1.82) is 0 Å². The second kappa shape index (κ2) is 16.8. The number of aliphatic hydroxyl groups excluding tert-OH is 1. The molecule has 1 nitrogen and oxygen atoms in total. The van der Waals surface area contributed by atoms with E-state index >= 15 is 0 Å². The summed E-state index contributed by atoms with van der Waals surface area (Å²) in [6.07, 6.45) is 21.8. The number of hydrogen-bond donors (Lipinski definition) is 1. The minimum absolute atomic E-state index is 0.354. The highest BCUT2D eigenvalue weighted by atomic mass is 16.2. The standard InChI is InChI=1S/C19H38O/c1-3-5-11-15-19(16-12-6-4-2)17-13-9-7-8-10-14-18-20/h13,17,19-20H,3-12,14-16,18H2,1-2H3/b17-13-. The summed E-state index contributed by atoms with van der Waals surface area (Å²) < 4.78 is 0. The van der Waals surface area contributed by atoms with Gasteiger partial charge < -0.3 is 5.11 Å². The molecule has 0 atom stereocenters. The third-order valence-corrected chi connectivity index (χ3v) is 4.04. The molecule has 0 spiro atoms. The zero-order valence-corrected chi connectivity index (χ0v) is 14.1. The van der Waals surface area contributed by atoms with E-state index in [-0.39, 0.29) is 0 Å². The topological polar surface area (TPSA) is 20.2 Å². The van der Waals surface area contributed by atoms with Gasteiger partial charge in [-0.2, -0.15) is 0 Å². The molecule has 0 amide bonds. The first kappa shape index (κ1) is 19.7. The molecule has 0 aliphatic heterocycles. The highest BCUT2D eigenvalue weighted by Crippen LogP contribution is 2.19. The number of rotatable bonds is 15. The maximum atomic E-state index is 8.73. The monoisotopic (exact) mass is 282 g/mol. The van der Waals surface area contributed by atoms with Crippen molar-refractivity contribution in [1.82, 2.24) is 0 Å². The van der Waals surface area contributed by atoms with Crippen LogP contribution in [0.4, 0.5) is 0 Å². The van der Waals surface area contributed by atoms with E-state index in [9.17, 15) is 0 Å².